The van der Waals surface area contributed by atoms with Gasteiger partial charge in [-0.2, -0.15) is 15.3 Å². The Labute approximate surface area is 87.9 Å². The lowest BCUT2D eigenvalue weighted by atomic mass is 10.2. The molecule has 0 aromatic carbocycles. The van der Waals surface area contributed by atoms with Crippen LogP contribution < -0.4 is 5.32 Å². The van der Waals surface area contributed by atoms with Gasteiger partial charge in [-0.15, -0.1) is 0 Å². The summed E-state index contributed by atoms with van der Waals surface area (Å²) in [6.07, 6.45) is 3.41. The first kappa shape index (κ1) is 9.79. The van der Waals surface area contributed by atoms with E-state index in [0.717, 1.165) is 11.4 Å². The van der Waals surface area contributed by atoms with Crippen molar-refractivity contribution in [1.29, 1.82) is 0 Å². The highest BCUT2D eigenvalue weighted by molar-refractivity contribution is 5.04. The molecule has 0 fully saturated rings. The standard InChI is InChI=1S/C10H13N5/c1-8(10-4-6-13-15-10)11-7-9-3-2-5-12-14-9/h2-6,8,11H,7H2,1H3,(H,13,15). The molecule has 78 valence electrons. The Bertz CT molecular complexity index is 383. The van der Waals surface area contributed by atoms with E-state index in [2.05, 4.69) is 32.6 Å². The van der Waals surface area contributed by atoms with Gasteiger partial charge in [-0.1, -0.05) is 0 Å². The molecule has 2 aromatic rings. The van der Waals surface area contributed by atoms with Crippen molar-refractivity contribution in [2.75, 3.05) is 0 Å². The minimum Gasteiger partial charge on any atom is -0.303 e. The van der Waals surface area contributed by atoms with Gasteiger partial charge in [0.2, 0.25) is 0 Å². The highest BCUT2D eigenvalue weighted by Crippen LogP contribution is 2.07. The smallest absolute Gasteiger partial charge is 0.0769 e. The largest absolute Gasteiger partial charge is 0.303 e. The molecule has 5 heteroatoms. The topological polar surface area (TPSA) is 66.5 Å². The highest BCUT2D eigenvalue weighted by atomic mass is 15.1. The molecular formula is C10H13N5. The minimum atomic E-state index is 0.231. The summed E-state index contributed by atoms with van der Waals surface area (Å²) in [4.78, 5) is 0. The van der Waals surface area contributed by atoms with Crippen LogP contribution in [0.5, 0.6) is 0 Å². The number of hydrogen-bond donors (Lipinski definition) is 2. The van der Waals surface area contributed by atoms with Crippen molar-refractivity contribution >= 4 is 0 Å². The van der Waals surface area contributed by atoms with E-state index in [1.807, 2.05) is 18.2 Å². The van der Waals surface area contributed by atoms with E-state index in [-0.39, 0.29) is 6.04 Å². The SMILES string of the molecule is CC(NCc1cccnn1)c1ccn[nH]1. The van der Waals surface area contributed by atoms with E-state index in [9.17, 15) is 0 Å². The molecule has 0 saturated heterocycles. The molecule has 0 spiro atoms. The molecule has 0 radical (unpaired) electrons. The Morgan fingerprint density at radius 1 is 1.40 bits per heavy atom. The second kappa shape index (κ2) is 4.65. The van der Waals surface area contributed by atoms with Gasteiger partial charge in [-0.25, -0.2) is 0 Å². The third kappa shape index (κ3) is 2.60. The predicted molar refractivity (Wildman–Crippen MR) is 55.9 cm³/mol. The van der Waals surface area contributed by atoms with Gasteiger partial charge in [0.15, 0.2) is 0 Å². The molecular weight excluding hydrogens is 190 g/mol. The molecule has 0 amide bonds. The van der Waals surface area contributed by atoms with E-state index in [0.29, 0.717) is 6.54 Å². The molecule has 2 rings (SSSR count). The fourth-order valence-corrected chi connectivity index (χ4v) is 1.30. The number of nitrogens with zero attached hydrogens (tertiary/aromatic N) is 3. The molecule has 2 heterocycles. The molecule has 5 nitrogen and oxygen atoms in total. The zero-order valence-electron chi connectivity index (χ0n) is 8.51. The van der Waals surface area contributed by atoms with Crippen molar-refractivity contribution in [2.24, 2.45) is 0 Å². The second-order valence-electron chi connectivity index (χ2n) is 3.33. The third-order valence-electron chi connectivity index (χ3n) is 2.21. The molecule has 1 unspecified atom stereocenters. The molecule has 0 aliphatic heterocycles. The zero-order valence-corrected chi connectivity index (χ0v) is 8.51. The summed E-state index contributed by atoms with van der Waals surface area (Å²) in [6.45, 7) is 2.78. The minimum absolute atomic E-state index is 0.231. The lowest BCUT2D eigenvalue weighted by Crippen LogP contribution is -2.19. The molecule has 0 aliphatic carbocycles. The molecule has 2 aromatic heterocycles. The lowest BCUT2D eigenvalue weighted by Gasteiger charge is -2.10. The molecule has 1 atom stereocenters. The fourth-order valence-electron chi connectivity index (χ4n) is 1.30. The summed E-state index contributed by atoms with van der Waals surface area (Å²) in [7, 11) is 0. The van der Waals surface area contributed by atoms with Crippen LogP contribution >= 0.6 is 0 Å². The molecule has 0 saturated carbocycles. The normalized spacial score (nSPS) is 12.6. The van der Waals surface area contributed by atoms with Crippen molar-refractivity contribution in [2.45, 2.75) is 19.5 Å². The predicted octanol–water partition coefficient (Wildman–Crippen LogP) is 1.05. The van der Waals surface area contributed by atoms with Crippen LogP contribution in [-0.2, 0) is 6.54 Å². The van der Waals surface area contributed by atoms with Gasteiger partial charge in [-0.05, 0) is 25.1 Å². The summed E-state index contributed by atoms with van der Waals surface area (Å²) < 4.78 is 0. The van der Waals surface area contributed by atoms with E-state index in [4.69, 9.17) is 0 Å². The van der Waals surface area contributed by atoms with E-state index >= 15 is 0 Å². The molecule has 2 N–H and O–H groups in total. The summed E-state index contributed by atoms with van der Waals surface area (Å²) in [5, 5.41) is 18.0. The van der Waals surface area contributed by atoms with Gasteiger partial charge in [0, 0.05) is 25.0 Å². The zero-order chi connectivity index (χ0) is 10.5. The Hall–Kier alpha value is -1.75. The van der Waals surface area contributed by atoms with Crippen LogP contribution in [0.1, 0.15) is 24.4 Å². The monoisotopic (exact) mass is 203 g/mol. The molecule has 15 heavy (non-hydrogen) atoms. The Morgan fingerprint density at radius 3 is 3.00 bits per heavy atom. The maximum atomic E-state index is 3.99. The van der Waals surface area contributed by atoms with Gasteiger partial charge in [0.05, 0.1) is 11.4 Å². The number of hydrogen-bond acceptors (Lipinski definition) is 4. The Balaban J connectivity index is 1.89. The van der Waals surface area contributed by atoms with Crippen molar-refractivity contribution in [3.63, 3.8) is 0 Å². The highest BCUT2D eigenvalue weighted by Gasteiger charge is 2.05. The number of aromatic nitrogens is 4. The second-order valence-corrected chi connectivity index (χ2v) is 3.33. The van der Waals surface area contributed by atoms with E-state index < -0.39 is 0 Å². The van der Waals surface area contributed by atoms with Gasteiger partial charge in [0.25, 0.3) is 0 Å². The number of aromatic amines is 1. The van der Waals surface area contributed by atoms with Crippen LogP contribution in [0.2, 0.25) is 0 Å². The number of rotatable bonds is 4. The average molecular weight is 203 g/mol. The van der Waals surface area contributed by atoms with Crippen LogP contribution in [0.15, 0.2) is 30.6 Å². The van der Waals surface area contributed by atoms with Crippen LogP contribution in [0, 0.1) is 0 Å². The third-order valence-corrected chi connectivity index (χ3v) is 2.21. The van der Waals surface area contributed by atoms with Crippen LogP contribution in [0.25, 0.3) is 0 Å². The first-order valence-corrected chi connectivity index (χ1v) is 4.85. The summed E-state index contributed by atoms with van der Waals surface area (Å²) >= 11 is 0. The lowest BCUT2D eigenvalue weighted by molar-refractivity contribution is 0.551. The Morgan fingerprint density at radius 2 is 2.33 bits per heavy atom. The van der Waals surface area contributed by atoms with Crippen LogP contribution in [-0.4, -0.2) is 20.4 Å². The summed E-state index contributed by atoms with van der Waals surface area (Å²) in [5.74, 6) is 0. The average Bonchev–Trinajstić information content (AvgIpc) is 2.81. The van der Waals surface area contributed by atoms with E-state index in [1.165, 1.54) is 0 Å². The fraction of sp³-hybridized carbons (Fsp3) is 0.300. The van der Waals surface area contributed by atoms with Gasteiger partial charge in [0.1, 0.15) is 0 Å². The number of H-pyrrole nitrogens is 1. The quantitative estimate of drug-likeness (QED) is 0.779. The van der Waals surface area contributed by atoms with Gasteiger partial charge >= 0.3 is 0 Å². The molecule has 0 aliphatic rings. The maximum Gasteiger partial charge on any atom is 0.0769 e. The summed E-state index contributed by atoms with van der Waals surface area (Å²) in [5.41, 5.74) is 2.00. The maximum absolute atomic E-state index is 3.99. The summed E-state index contributed by atoms with van der Waals surface area (Å²) in [6, 6.07) is 6.01. The van der Waals surface area contributed by atoms with Crippen molar-refractivity contribution < 1.29 is 0 Å². The van der Waals surface area contributed by atoms with Gasteiger partial charge < -0.3 is 5.32 Å². The van der Waals surface area contributed by atoms with Crippen LogP contribution in [0.3, 0.4) is 0 Å². The number of nitrogens with one attached hydrogen (secondary N) is 2. The van der Waals surface area contributed by atoms with Crippen molar-refractivity contribution in [1.82, 2.24) is 25.7 Å². The van der Waals surface area contributed by atoms with Crippen molar-refractivity contribution in [3.05, 3.63) is 42.0 Å². The van der Waals surface area contributed by atoms with Crippen LogP contribution in [0.4, 0.5) is 0 Å². The van der Waals surface area contributed by atoms with Crippen molar-refractivity contribution in [3.8, 4) is 0 Å². The van der Waals surface area contributed by atoms with Gasteiger partial charge in [-0.3, -0.25) is 5.10 Å². The Kier molecular flexibility index (Phi) is 3.04. The molecule has 0 bridgehead atoms. The van der Waals surface area contributed by atoms with E-state index in [1.54, 1.807) is 12.4 Å². The first-order valence-electron chi connectivity index (χ1n) is 4.85. The first-order chi connectivity index (χ1) is 7.36.